The number of urea groups is 1. The van der Waals surface area contributed by atoms with Gasteiger partial charge in [0.25, 0.3) is 5.91 Å². The standard InChI is InChI=1S/C24H22N6O2/c1-2-27-24(32)30-22-12-20-19(16-7-10-25-11-8-16)6-5-17(21(20)15-28-22)14-29-23(31)18-4-3-9-26-13-18/h3-13,15H,2,14H2,1H3,(H,29,31)(H2,27,28,30,32). The molecule has 0 spiro atoms. The Kier molecular flexibility index (Phi) is 6.31. The summed E-state index contributed by atoms with van der Waals surface area (Å²) in [6.07, 6.45) is 8.34. The molecule has 0 aliphatic rings. The fraction of sp³-hybridized carbons (Fsp3) is 0.125. The Morgan fingerprint density at radius 1 is 0.906 bits per heavy atom. The van der Waals surface area contributed by atoms with E-state index in [1.54, 1.807) is 36.9 Å². The average Bonchev–Trinajstić information content (AvgIpc) is 2.83. The molecule has 32 heavy (non-hydrogen) atoms. The van der Waals surface area contributed by atoms with Gasteiger partial charge in [0.05, 0.1) is 5.56 Å². The molecule has 3 aromatic heterocycles. The largest absolute Gasteiger partial charge is 0.348 e. The summed E-state index contributed by atoms with van der Waals surface area (Å²) < 4.78 is 0. The first-order chi connectivity index (χ1) is 15.7. The first-order valence-corrected chi connectivity index (χ1v) is 10.2. The number of pyridine rings is 3. The second-order valence-electron chi connectivity index (χ2n) is 7.03. The number of nitrogens with one attached hydrogen (secondary N) is 3. The Morgan fingerprint density at radius 3 is 2.50 bits per heavy atom. The van der Waals surface area contributed by atoms with Crippen LogP contribution in [0.15, 0.2) is 73.4 Å². The van der Waals surface area contributed by atoms with Gasteiger partial charge in [0, 0.05) is 49.5 Å². The van der Waals surface area contributed by atoms with Crippen molar-refractivity contribution in [3.63, 3.8) is 0 Å². The maximum absolute atomic E-state index is 12.5. The molecule has 0 bridgehead atoms. The molecule has 8 nitrogen and oxygen atoms in total. The summed E-state index contributed by atoms with van der Waals surface area (Å²) in [5.41, 5.74) is 3.38. The van der Waals surface area contributed by atoms with Crippen LogP contribution in [0.4, 0.5) is 10.6 Å². The minimum absolute atomic E-state index is 0.202. The van der Waals surface area contributed by atoms with Gasteiger partial charge >= 0.3 is 6.03 Å². The van der Waals surface area contributed by atoms with Crippen LogP contribution in [0.25, 0.3) is 21.9 Å². The van der Waals surface area contributed by atoms with Crippen molar-refractivity contribution in [2.45, 2.75) is 13.5 Å². The van der Waals surface area contributed by atoms with Crippen molar-refractivity contribution in [1.82, 2.24) is 25.6 Å². The molecular weight excluding hydrogens is 404 g/mol. The molecule has 160 valence electrons. The second-order valence-corrected chi connectivity index (χ2v) is 7.03. The summed E-state index contributed by atoms with van der Waals surface area (Å²) in [6.45, 7) is 2.69. The van der Waals surface area contributed by atoms with E-state index in [2.05, 4.69) is 30.9 Å². The van der Waals surface area contributed by atoms with Gasteiger partial charge in [-0.05, 0) is 59.3 Å². The van der Waals surface area contributed by atoms with Crippen LogP contribution in [0.1, 0.15) is 22.8 Å². The topological polar surface area (TPSA) is 109 Å². The van der Waals surface area contributed by atoms with Crippen LogP contribution in [-0.4, -0.2) is 33.4 Å². The maximum Gasteiger partial charge on any atom is 0.320 e. The van der Waals surface area contributed by atoms with E-state index in [1.165, 1.54) is 6.20 Å². The number of aromatic nitrogens is 3. The van der Waals surface area contributed by atoms with Gasteiger partial charge in [-0.15, -0.1) is 0 Å². The summed E-state index contributed by atoms with van der Waals surface area (Å²) in [5, 5.41) is 10.2. The number of anilines is 1. The van der Waals surface area contributed by atoms with Gasteiger partial charge in [0.2, 0.25) is 0 Å². The molecular formula is C24H22N6O2. The summed E-state index contributed by atoms with van der Waals surface area (Å²) in [7, 11) is 0. The Bertz CT molecular complexity index is 1250. The predicted molar refractivity (Wildman–Crippen MR) is 123 cm³/mol. The summed E-state index contributed by atoms with van der Waals surface area (Å²) in [6, 6.07) is 12.8. The van der Waals surface area contributed by atoms with Crippen LogP contribution in [0, 0.1) is 0 Å². The van der Waals surface area contributed by atoms with Crippen LogP contribution in [0.5, 0.6) is 0 Å². The Labute approximate surface area is 185 Å². The molecule has 3 amide bonds. The van der Waals surface area contributed by atoms with E-state index >= 15 is 0 Å². The molecule has 0 aliphatic heterocycles. The number of hydrogen-bond acceptors (Lipinski definition) is 5. The molecule has 0 radical (unpaired) electrons. The third-order valence-corrected chi connectivity index (χ3v) is 4.92. The van der Waals surface area contributed by atoms with E-state index in [9.17, 15) is 9.59 Å². The zero-order valence-electron chi connectivity index (χ0n) is 17.5. The van der Waals surface area contributed by atoms with E-state index in [0.29, 0.717) is 24.5 Å². The molecule has 3 N–H and O–H groups in total. The lowest BCUT2D eigenvalue weighted by atomic mass is 9.96. The van der Waals surface area contributed by atoms with Gasteiger partial charge < -0.3 is 10.6 Å². The van der Waals surface area contributed by atoms with E-state index in [-0.39, 0.29) is 11.9 Å². The smallest absolute Gasteiger partial charge is 0.320 e. The number of nitrogens with zero attached hydrogens (tertiary/aromatic N) is 3. The lowest BCUT2D eigenvalue weighted by Gasteiger charge is -2.14. The maximum atomic E-state index is 12.5. The highest BCUT2D eigenvalue weighted by Gasteiger charge is 2.12. The fourth-order valence-electron chi connectivity index (χ4n) is 3.40. The SMILES string of the molecule is CCNC(=O)Nc1cc2c(-c3ccncc3)ccc(CNC(=O)c3cccnc3)c2cn1. The predicted octanol–water partition coefficient (Wildman–Crippen LogP) is 3.76. The number of carbonyl (C=O) groups excluding carboxylic acids is 2. The number of fused-ring (bicyclic) bond motifs is 1. The normalized spacial score (nSPS) is 10.5. The minimum atomic E-state index is -0.315. The van der Waals surface area contributed by atoms with Crippen molar-refractivity contribution in [2.24, 2.45) is 0 Å². The van der Waals surface area contributed by atoms with E-state index in [1.807, 2.05) is 37.3 Å². The zero-order valence-corrected chi connectivity index (χ0v) is 17.5. The molecule has 1 aromatic carbocycles. The van der Waals surface area contributed by atoms with E-state index < -0.39 is 0 Å². The van der Waals surface area contributed by atoms with Crippen LogP contribution >= 0.6 is 0 Å². The minimum Gasteiger partial charge on any atom is -0.348 e. The van der Waals surface area contributed by atoms with Crippen molar-refractivity contribution < 1.29 is 9.59 Å². The fourth-order valence-corrected chi connectivity index (χ4v) is 3.40. The molecule has 3 heterocycles. The number of benzene rings is 1. The van der Waals surface area contributed by atoms with Crippen LogP contribution in [0.3, 0.4) is 0 Å². The molecule has 0 saturated carbocycles. The lowest BCUT2D eigenvalue weighted by molar-refractivity contribution is 0.0950. The Morgan fingerprint density at radius 2 is 1.75 bits per heavy atom. The van der Waals surface area contributed by atoms with Gasteiger partial charge in [-0.3, -0.25) is 20.1 Å². The van der Waals surface area contributed by atoms with Crippen LogP contribution < -0.4 is 16.0 Å². The highest BCUT2D eigenvalue weighted by atomic mass is 16.2. The van der Waals surface area contributed by atoms with Gasteiger partial charge in [0.15, 0.2) is 0 Å². The van der Waals surface area contributed by atoms with Gasteiger partial charge in [-0.2, -0.15) is 0 Å². The highest BCUT2D eigenvalue weighted by Crippen LogP contribution is 2.31. The van der Waals surface area contributed by atoms with Crippen molar-refractivity contribution in [2.75, 3.05) is 11.9 Å². The van der Waals surface area contributed by atoms with Gasteiger partial charge in [0.1, 0.15) is 5.82 Å². The average molecular weight is 426 g/mol. The van der Waals surface area contributed by atoms with Crippen molar-refractivity contribution >= 4 is 28.5 Å². The third-order valence-electron chi connectivity index (χ3n) is 4.92. The summed E-state index contributed by atoms with van der Waals surface area (Å²) >= 11 is 0. The van der Waals surface area contributed by atoms with Crippen molar-refractivity contribution in [3.05, 3.63) is 84.6 Å². The first kappa shape index (κ1) is 20.9. The zero-order chi connectivity index (χ0) is 22.3. The highest BCUT2D eigenvalue weighted by molar-refractivity contribution is 6.01. The van der Waals surface area contributed by atoms with Crippen molar-refractivity contribution in [3.8, 4) is 11.1 Å². The molecule has 0 atom stereocenters. The quantitative estimate of drug-likeness (QED) is 0.435. The molecule has 0 fully saturated rings. The van der Waals surface area contributed by atoms with E-state index in [0.717, 1.165) is 27.5 Å². The lowest BCUT2D eigenvalue weighted by Crippen LogP contribution is -2.28. The molecule has 4 aromatic rings. The van der Waals surface area contributed by atoms with E-state index in [4.69, 9.17) is 0 Å². The van der Waals surface area contributed by atoms with Crippen LogP contribution in [0.2, 0.25) is 0 Å². The summed E-state index contributed by atoms with van der Waals surface area (Å²) in [5.74, 6) is 0.238. The molecule has 0 saturated heterocycles. The van der Waals surface area contributed by atoms with Crippen molar-refractivity contribution in [1.29, 1.82) is 0 Å². The molecule has 0 unspecified atom stereocenters. The molecule has 0 aliphatic carbocycles. The van der Waals surface area contributed by atoms with Gasteiger partial charge in [-0.25, -0.2) is 9.78 Å². The monoisotopic (exact) mass is 426 g/mol. The first-order valence-electron chi connectivity index (χ1n) is 10.2. The number of amides is 3. The Balaban J connectivity index is 1.69. The third kappa shape index (κ3) is 4.70. The van der Waals surface area contributed by atoms with Gasteiger partial charge in [-0.1, -0.05) is 12.1 Å². The Hall–Kier alpha value is -4.33. The molecule has 4 rings (SSSR count). The second kappa shape index (κ2) is 9.65. The number of hydrogen-bond donors (Lipinski definition) is 3. The van der Waals surface area contributed by atoms with Crippen LogP contribution in [-0.2, 0) is 6.54 Å². The summed E-state index contributed by atoms with van der Waals surface area (Å²) in [4.78, 5) is 36.9. The number of carbonyl (C=O) groups is 2. The molecule has 8 heteroatoms. The number of rotatable bonds is 6.